The lowest BCUT2D eigenvalue weighted by Crippen LogP contribution is -2.49. The van der Waals surface area contributed by atoms with E-state index in [0.29, 0.717) is 11.1 Å². The van der Waals surface area contributed by atoms with Crippen molar-refractivity contribution in [2.45, 2.75) is 44.7 Å². The number of hydrogen-bond donors (Lipinski definition) is 3. The smallest absolute Gasteiger partial charge is 0.251 e. The number of carbonyl (C=O) groups is 1. The van der Waals surface area contributed by atoms with Crippen molar-refractivity contribution in [2.24, 2.45) is 5.73 Å². The summed E-state index contributed by atoms with van der Waals surface area (Å²) < 4.78 is 6.37. The number of carbonyl (C=O) groups excluding carboxylic acids is 1. The monoisotopic (exact) mass is 465 g/mol. The number of hydrogen-bond acceptors (Lipinski definition) is 5. The van der Waals surface area contributed by atoms with E-state index >= 15 is 0 Å². The first kappa shape index (κ1) is 21.6. The molecule has 0 radical (unpaired) electrons. The van der Waals surface area contributed by atoms with Gasteiger partial charge in [-0.25, -0.2) is 0 Å². The Kier molecular flexibility index (Phi) is 5.34. The minimum Gasteiger partial charge on any atom is -0.454 e. The van der Waals surface area contributed by atoms with Crippen molar-refractivity contribution in [1.82, 2.24) is 20.5 Å². The summed E-state index contributed by atoms with van der Waals surface area (Å²) in [6, 6.07) is 15.7. The molecule has 7 heteroatoms. The number of nitrogens with one attached hydrogen (secondary N) is 2. The predicted octanol–water partition coefficient (Wildman–Crippen LogP) is 5.35. The van der Waals surface area contributed by atoms with Crippen LogP contribution in [0.5, 0.6) is 0 Å². The van der Waals surface area contributed by atoms with Gasteiger partial charge in [-0.3, -0.25) is 14.9 Å². The van der Waals surface area contributed by atoms with Crippen LogP contribution in [0.3, 0.4) is 0 Å². The van der Waals surface area contributed by atoms with Crippen molar-refractivity contribution in [1.29, 1.82) is 0 Å². The van der Waals surface area contributed by atoms with E-state index in [1.165, 1.54) is 0 Å². The molecule has 0 spiro atoms. The molecule has 4 N–H and O–H groups in total. The Morgan fingerprint density at radius 1 is 1.11 bits per heavy atom. The molecule has 7 nitrogen and oxygen atoms in total. The van der Waals surface area contributed by atoms with E-state index < -0.39 is 0 Å². The molecule has 1 aliphatic carbocycles. The van der Waals surface area contributed by atoms with Gasteiger partial charge in [0.1, 0.15) is 11.3 Å². The number of nitrogens with two attached hydrogens (primary N) is 1. The summed E-state index contributed by atoms with van der Waals surface area (Å²) >= 11 is 0. The molecule has 5 aromatic rings. The third kappa shape index (κ3) is 3.98. The molecule has 176 valence electrons. The van der Waals surface area contributed by atoms with E-state index in [9.17, 15) is 4.79 Å². The number of aromatic nitrogens is 3. The topological polar surface area (TPSA) is 110 Å². The molecule has 1 fully saturated rings. The van der Waals surface area contributed by atoms with Crippen LogP contribution >= 0.6 is 0 Å². The molecule has 1 amide bonds. The highest BCUT2D eigenvalue weighted by Gasteiger charge is 2.24. The average molecular weight is 466 g/mol. The van der Waals surface area contributed by atoms with Crippen molar-refractivity contribution in [3.63, 3.8) is 0 Å². The first-order valence-electron chi connectivity index (χ1n) is 12.1. The van der Waals surface area contributed by atoms with Gasteiger partial charge >= 0.3 is 0 Å². The Bertz CT molecular complexity index is 1550. The molecule has 0 bridgehead atoms. The molecule has 0 unspecified atom stereocenters. The summed E-state index contributed by atoms with van der Waals surface area (Å²) in [4.78, 5) is 17.5. The highest BCUT2D eigenvalue weighted by Crippen LogP contribution is 2.36. The van der Waals surface area contributed by atoms with Gasteiger partial charge in [0, 0.05) is 46.4 Å². The third-order valence-corrected chi connectivity index (χ3v) is 7.03. The molecule has 3 heterocycles. The fraction of sp³-hybridized carbons (Fsp3) is 0.250. The van der Waals surface area contributed by atoms with Gasteiger partial charge in [-0.05, 0) is 61.2 Å². The molecular formula is C28H27N5O2. The molecule has 0 aliphatic heterocycles. The maximum atomic E-state index is 13.0. The van der Waals surface area contributed by atoms with Crippen molar-refractivity contribution >= 4 is 27.9 Å². The molecule has 3 aromatic heterocycles. The van der Waals surface area contributed by atoms with Gasteiger partial charge < -0.3 is 15.5 Å². The first-order valence-corrected chi connectivity index (χ1v) is 12.1. The van der Waals surface area contributed by atoms with E-state index in [-0.39, 0.29) is 18.0 Å². The number of aromatic amines is 1. The number of nitrogens with zero attached hydrogens (tertiary/aromatic N) is 2. The molecule has 2 atom stereocenters. The van der Waals surface area contributed by atoms with Gasteiger partial charge in [0.2, 0.25) is 0 Å². The summed E-state index contributed by atoms with van der Waals surface area (Å²) in [6.07, 6.45) is 7.69. The summed E-state index contributed by atoms with van der Waals surface area (Å²) in [7, 11) is 0. The lowest BCUT2D eigenvalue weighted by Gasteiger charge is -2.29. The van der Waals surface area contributed by atoms with Crippen molar-refractivity contribution in [3.05, 3.63) is 72.1 Å². The third-order valence-electron chi connectivity index (χ3n) is 7.03. The lowest BCUT2D eigenvalue weighted by molar-refractivity contribution is 0.0921. The molecular weight excluding hydrogens is 438 g/mol. The zero-order valence-electron chi connectivity index (χ0n) is 19.5. The van der Waals surface area contributed by atoms with Crippen LogP contribution in [0, 0.1) is 6.92 Å². The predicted molar refractivity (Wildman–Crippen MR) is 137 cm³/mol. The van der Waals surface area contributed by atoms with Crippen LogP contribution in [0.1, 0.15) is 41.6 Å². The standard InChI is InChI=1S/C28H27N5O2/c1-16-11-24-19(15-31-33-24)13-21(16)26-14-25-27(35-26)20(9-10-30-25)17-5-4-6-18(12-17)28(34)32-23-8-3-2-7-22(23)29/h4-6,9-15,22-23H,2-3,7-8,29H2,1H3,(H,31,33)(H,32,34)/t22-,23+/m0/s1. The highest BCUT2D eigenvalue weighted by molar-refractivity contribution is 5.98. The van der Waals surface area contributed by atoms with Crippen LogP contribution < -0.4 is 11.1 Å². The summed E-state index contributed by atoms with van der Waals surface area (Å²) in [5, 5.41) is 11.3. The SMILES string of the molecule is Cc1cc2[nH]ncc2cc1-c1cc2nccc(-c3cccc(C(=O)N[C@@H]4CCCC[C@@H]4N)c3)c2o1. The molecule has 0 saturated heterocycles. The normalized spacial score (nSPS) is 18.2. The minimum absolute atomic E-state index is 0.0157. The van der Waals surface area contributed by atoms with Gasteiger partial charge in [-0.1, -0.05) is 25.0 Å². The molecule has 2 aromatic carbocycles. The van der Waals surface area contributed by atoms with E-state index in [0.717, 1.165) is 70.1 Å². The largest absolute Gasteiger partial charge is 0.454 e. The van der Waals surface area contributed by atoms with Crippen molar-refractivity contribution in [3.8, 4) is 22.5 Å². The zero-order chi connectivity index (χ0) is 23.9. The molecule has 1 saturated carbocycles. The average Bonchev–Trinajstić information content (AvgIpc) is 3.51. The Hall–Kier alpha value is -3.97. The fourth-order valence-electron chi connectivity index (χ4n) is 5.08. The number of aryl methyl sites for hydroxylation is 1. The molecule has 1 aliphatic rings. The minimum atomic E-state index is -0.0938. The van der Waals surface area contributed by atoms with Crippen LogP contribution in [0.25, 0.3) is 44.5 Å². The number of H-pyrrole nitrogens is 1. The number of furan rings is 1. The summed E-state index contributed by atoms with van der Waals surface area (Å²) in [5.41, 5.74) is 13.2. The van der Waals surface area contributed by atoms with Crippen LogP contribution in [0.15, 0.2) is 65.3 Å². The Labute approximate surface area is 202 Å². The van der Waals surface area contributed by atoms with E-state index in [4.69, 9.17) is 10.2 Å². The summed E-state index contributed by atoms with van der Waals surface area (Å²) in [5.74, 6) is 0.657. The van der Waals surface area contributed by atoms with Crippen LogP contribution in [0.2, 0.25) is 0 Å². The highest BCUT2D eigenvalue weighted by atomic mass is 16.3. The van der Waals surface area contributed by atoms with Gasteiger partial charge in [0.25, 0.3) is 5.91 Å². The number of pyridine rings is 1. The van der Waals surface area contributed by atoms with E-state index in [2.05, 4.69) is 39.6 Å². The Balaban J connectivity index is 1.35. The second-order valence-electron chi connectivity index (χ2n) is 9.42. The van der Waals surface area contributed by atoms with Crippen LogP contribution in [-0.2, 0) is 0 Å². The van der Waals surface area contributed by atoms with Gasteiger partial charge in [-0.15, -0.1) is 0 Å². The van der Waals surface area contributed by atoms with Gasteiger partial charge in [-0.2, -0.15) is 5.10 Å². The van der Waals surface area contributed by atoms with Crippen molar-refractivity contribution in [2.75, 3.05) is 0 Å². The van der Waals surface area contributed by atoms with E-state index in [1.54, 1.807) is 12.4 Å². The Morgan fingerprint density at radius 2 is 2.00 bits per heavy atom. The van der Waals surface area contributed by atoms with Crippen LogP contribution in [0.4, 0.5) is 0 Å². The maximum Gasteiger partial charge on any atom is 0.251 e. The maximum absolute atomic E-state index is 13.0. The van der Waals surface area contributed by atoms with Gasteiger partial charge in [0.15, 0.2) is 5.58 Å². The lowest BCUT2D eigenvalue weighted by atomic mass is 9.91. The van der Waals surface area contributed by atoms with Crippen molar-refractivity contribution < 1.29 is 9.21 Å². The molecule has 35 heavy (non-hydrogen) atoms. The second kappa shape index (κ2) is 8.67. The quantitative estimate of drug-likeness (QED) is 0.332. The number of amides is 1. The van der Waals surface area contributed by atoms with Gasteiger partial charge in [0.05, 0.1) is 11.7 Å². The summed E-state index contributed by atoms with van der Waals surface area (Å²) in [6.45, 7) is 2.05. The number of benzene rings is 2. The fourth-order valence-corrected chi connectivity index (χ4v) is 5.08. The Morgan fingerprint density at radius 3 is 2.89 bits per heavy atom. The first-order chi connectivity index (χ1) is 17.1. The van der Waals surface area contributed by atoms with E-state index in [1.807, 2.05) is 36.4 Å². The zero-order valence-corrected chi connectivity index (χ0v) is 19.5. The number of fused-ring (bicyclic) bond motifs is 2. The second-order valence-corrected chi connectivity index (χ2v) is 9.42. The van der Waals surface area contributed by atoms with Crippen LogP contribution in [-0.4, -0.2) is 33.2 Å². The molecule has 6 rings (SSSR count). The number of rotatable bonds is 4.